The molecule has 2 fully saturated rings. The summed E-state index contributed by atoms with van der Waals surface area (Å²) < 4.78 is 0. The van der Waals surface area contributed by atoms with Gasteiger partial charge in [0.2, 0.25) is 0 Å². The van der Waals surface area contributed by atoms with Crippen molar-refractivity contribution in [2.24, 2.45) is 11.8 Å². The van der Waals surface area contributed by atoms with Crippen LogP contribution in [0.4, 0.5) is 0 Å². The maximum atomic E-state index is 3.81. The van der Waals surface area contributed by atoms with Crippen molar-refractivity contribution in [3.63, 3.8) is 0 Å². The van der Waals surface area contributed by atoms with Crippen LogP contribution in [0.3, 0.4) is 0 Å². The lowest BCUT2D eigenvalue weighted by Crippen LogP contribution is -2.35. The molecule has 2 aliphatic rings. The molecule has 1 aromatic rings. The molecule has 0 bridgehead atoms. The van der Waals surface area contributed by atoms with Crippen LogP contribution in [0.15, 0.2) is 24.3 Å². The zero-order valence-corrected chi connectivity index (χ0v) is 12.4. The molecule has 3 atom stereocenters. The monoisotopic (exact) mass is 257 g/mol. The summed E-state index contributed by atoms with van der Waals surface area (Å²) in [7, 11) is 0. The van der Waals surface area contributed by atoms with Crippen LogP contribution in [0.2, 0.25) is 0 Å². The first-order chi connectivity index (χ1) is 9.24. The van der Waals surface area contributed by atoms with Crippen LogP contribution in [-0.2, 0) is 6.54 Å². The zero-order chi connectivity index (χ0) is 13.2. The van der Waals surface area contributed by atoms with Gasteiger partial charge in [-0.3, -0.25) is 0 Å². The molecule has 0 saturated heterocycles. The highest BCUT2D eigenvalue weighted by atomic mass is 14.9. The average molecular weight is 257 g/mol. The molecule has 0 radical (unpaired) electrons. The van der Waals surface area contributed by atoms with Gasteiger partial charge in [-0.1, -0.05) is 38.1 Å². The maximum Gasteiger partial charge on any atom is 0.0210 e. The van der Waals surface area contributed by atoms with Gasteiger partial charge in [-0.2, -0.15) is 0 Å². The smallest absolute Gasteiger partial charge is 0.0210 e. The summed E-state index contributed by atoms with van der Waals surface area (Å²) >= 11 is 0. The number of rotatable bonds is 4. The Morgan fingerprint density at radius 3 is 2.53 bits per heavy atom. The Morgan fingerprint density at radius 2 is 1.79 bits per heavy atom. The van der Waals surface area contributed by atoms with Gasteiger partial charge in [0.25, 0.3) is 0 Å². The third kappa shape index (κ3) is 3.20. The van der Waals surface area contributed by atoms with E-state index in [0.29, 0.717) is 0 Å². The Hall–Kier alpha value is -0.820. The lowest BCUT2D eigenvalue weighted by Gasteiger charge is -2.32. The van der Waals surface area contributed by atoms with Gasteiger partial charge in [0.05, 0.1) is 0 Å². The van der Waals surface area contributed by atoms with Crippen molar-refractivity contribution in [1.82, 2.24) is 5.32 Å². The molecule has 1 aromatic carbocycles. The van der Waals surface area contributed by atoms with Crippen molar-refractivity contribution < 1.29 is 0 Å². The van der Waals surface area contributed by atoms with E-state index in [9.17, 15) is 0 Å². The third-order valence-electron chi connectivity index (χ3n) is 5.25. The van der Waals surface area contributed by atoms with E-state index in [1.165, 1.54) is 37.7 Å². The van der Waals surface area contributed by atoms with Crippen LogP contribution >= 0.6 is 0 Å². The summed E-state index contributed by atoms with van der Waals surface area (Å²) in [4.78, 5) is 0. The topological polar surface area (TPSA) is 12.0 Å². The molecule has 0 aliphatic heterocycles. The van der Waals surface area contributed by atoms with Crippen molar-refractivity contribution in [1.29, 1.82) is 0 Å². The largest absolute Gasteiger partial charge is 0.310 e. The molecule has 19 heavy (non-hydrogen) atoms. The second kappa shape index (κ2) is 5.66. The van der Waals surface area contributed by atoms with E-state index >= 15 is 0 Å². The van der Waals surface area contributed by atoms with Gasteiger partial charge in [0.15, 0.2) is 0 Å². The molecule has 2 aliphatic carbocycles. The molecule has 1 heteroatoms. The molecule has 0 amide bonds. The lowest BCUT2D eigenvalue weighted by molar-refractivity contribution is 0.225. The van der Waals surface area contributed by atoms with Gasteiger partial charge < -0.3 is 5.32 Å². The van der Waals surface area contributed by atoms with Gasteiger partial charge in [0.1, 0.15) is 0 Å². The molecule has 3 rings (SSSR count). The van der Waals surface area contributed by atoms with Crippen LogP contribution in [0.5, 0.6) is 0 Å². The normalized spacial score (nSPS) is 31.4. The molecule has 1 N–H and O–H groups in total. The minimum absolute atomic E-state index is 0.735. The van der Waals surface area contributed by atoms with Crippen molar-refractivity contribution >= 4 is 0 Å². The first-order valence-corrected chi connectivity index (χ1v) is 8.05. The van der Waals surface area contributed by atoms with Gasteiger partial charge in [-0.05, 0) is 61.0 Å². The molecule has 2 saturated carbocycles. The number of benzene rings is 1. The van der Waals surface area contributed by atoms with Crippen molar-refractivity contribution in [3.8, 4) is 0 Å². The lowest BCUT2D eigenvalue weighted by atomic mass is 9.79. The van der Waals surface area contributed by atoms with E-state index in [0.717, 1.165) is 30.3 Å². The number of hydrogen-bond acceptors (Lipinski definition) is 1. The van der Waals surface area contributed by atoms with E-state index in [2.05, 4.69) is 43.4 Å². The predicted molar refractivity (Wildman–Crippen MR) is 81.2 cm³/mol. The Bertz CT molecular complexity index is 421. The summed E-state index contributed by atoms with van der Waals surface area (Å²) in [5.41, 5.74) is 3.14. The van der Waals surface area contributed by atoms with Crippen molar-refractivity contribution in [3.05, 3.63) is 35.4 Å². The number of hydrogen-bond donors (Lipinski definition) is 1. The standard InChI is InChI=1S/C18H27N/c1-13-7-10-17(11-14(13)2)19-12-16-5-3-4-6-18(16)15-8-9-15/h3-6,13-15,17,19H,7-12H2,1-2H3. The third-order valence-corrected chi connectivity index (χ3v) is 5.25. The summed E-state index contributed by atoms with van der Waals surface area (Å²) in [6.07, 6.45) is 6.90. The van der Waals surface area contributed by atoms with Crippen LogP contribution in [0, 0.1) is 11.8 Å². The first kappa shape index (κ1) is 13.2. The highest BCUT2D eigenvalue weighted by Gasteiger charge is 2.27. The van der Waals surface area contributed by atoms with Crippen LogP contribution in [0.1, 0.15) is 63.0 Å². The van der Waals surface area contributed by atoms with E-state index in [1.807, 2.05) is 0 Å². The van der Waals surface area contributed by atoms with E-state index in [4.69, 9.17) is 0 Å². The molecule has 3 unspecified atom stereocenters. The fraction of sp³-hybridized carbons (Fsp3) is 0.667. The van der Waals surface area contributed by atoms with Gasteiger partial charge in [-0.15, -0.1) is 0 Å². The number of nitrogens with one attached hydrogen (secondary N) is 1. The van der Waals surface area contributed by atoms with Crippen LogP contribution < -0.4 is 5.32 Å². The minimum atomic E-state index is 0.735. The highest BCUT2D eigenvalue weighted by molar-refractivity contribution is 5.33. The fourth-order valence-electron chi connectivity index (χ4n) is 3.48. The quantitative estimate of drug-likeness (QED) is 0.838. The predicted octanol–water partition coefficient (Wildman–Crippen LogP) is 4.48. The average Bonchev–Trinajstić information content (AvgIpc) is 3.25. The summed E-state index contributed by atoms with van der Waals surface area (Å²) in [5.74, 6) is 2.66. The van der Waals surface area contributed by atoms with Crippen molar-refractivity contribution in [2.75, 3.05) is 0 Å². The second-order valence-corrected chi connectivity index (χ2v) is 6.82. The van der Waals surface area contributed by atoms with E-state index in [1.54, 1.807) is 5.56 Å². The molecule has 0 heterocycles. The molecular formula is C18H27N. The Balaban J connectivity index is 1.57. The molecule has 1 nitrogen and oxygen atoms in total. The Kier molecular flexibility index (Phi) is 3.93. The SMILES string of the molecule is CC1CCC(NCc2ccccc2C2CC2)CC1C. The Morgan fingerprint density at radius 1 is 1.00 bits per heavy atom. The summed E-state index contributed by atoms with van der Waals surface area (Å²) in [6, 6.07) is 9.77. The van der Waals surface area contributed by atoms with Crippen LogP contribution in [-0.4, -0.2) is 6.04 Å². The first-order valence-electron chi connectivity index (χ1n) is 8.05. The molecular weight excluding hydrogens is 230 g/mol. The van der Waals surface area contributed by atoms with Crippen LogP contribution in [0.25, 0.3) is 0 Å². The van der Waals surface area contributed by atoms with E-state index < -0.39 is 0 Å². The molecule has 0 spiro atoms. The van der Waals surface area contributed by atoms with E-state index in [-0.39, 0.29) is 0 Å². The summed E-state index contributed by atoms with van der Waals surface area (Å²) in [6.45, 7) is 5.89. The fourth-order valence-corrected chi connectivity index (χ4v) is 3.48. The van der Waals surface area contributed by atoms with Crippen molar-refractivity contribution in [2.45, 2.75) is 64.5 Å². The second-order valence-electron chi connectivity index (χ2n) is 6.82. The summed E-state index contributed by atoms with van der Waals surface area (Å²) in [5, 5.41) is 3.81. The zero-order valence-electron chi connectivity index (χ0n) is 12.4. The van der Waals surface area contributed by atoms with Gasteiger partial charge >= 0.3 is 0 Å². The highest BCUT2D eigenvalue weighted by Crippen LogP contribution is 2.41. The van der Waals surface area contributed by atoms with Gasteiger partial charge in [0, 0.05) is 12.6 Å². The molecule has 104 valence electrons. The minimum Gasteiger partial charge on any atom is -0.310 e. The van der Waals surface area contributed by atoms with Gasteiger partial charge in [-0.25, -0.2) is 0 Å². The molecule has 0 aromatic heterocycles. The Labute approximate surface area is 117 Å². The maximum absolute atomic E-state index is 3.81.